The first-order valence-electron chi connectivity index (χ1n) is 12.7. The summed E-state index contributed by atoms with van der Waals surface area (Å²) >= 11 is 0. The number of piperidine rings is 1. The molecular formula is C28H33N3O5S2. The van der Waals surface area contributed by atoms with E-state index in [0.717, 1.165) is 30.4 Å². The lowest BCUT2D eigenvalue weighted by Crippen LogP contribution is -2.41. The first-order valence-corrected chi connectivity index (χ1v) is 15.6. The van der Waals surface area contributed by atoms with Crippen LogP contribution in [0.3, 0.4) is 0 Å². The first-order chi connectivity index (χ1) is 18.3. The first kappa shape index (κ1) is 28.0. The van der Waals surface area contributed by atoms with Crippen LogP contribution >= 0.6 is 0 Å². The number of benzene rings is 3. The molecule has 3 aromatic carbocycles. The Balaban J connectivity index is 1.40. The smallest absolute Gasteiger partial charge is 0.243 e. The zero-order valence-electron chi connectivity index (χ0n) is 21.2. The Hall–Kier alpha value is -3.05. The van der Waals surface area contributed by atoms with Crippen molar-refractivity contribution in [3.8, 4) is 0 Å². The van der Waals surface area contributed by atoms with Crippen LogP contribution in [-0.2, 0) is 37.8 Å². The number of nitrogens with zero attached hydrogens (tertiary/aromatic N) is 2. The van der Waals surface area contributed by atoms with Gasteiger partial charge in [-0.2, -0.15) is 8.61 Å². The molecule has 0 bridgehead atoms. The Labute approximate surface area is 225 Å². The monoisotopic (exact) mass is 555 g/mol. The van der Waals surface area contributed by atoms with Crippen molar-refractivity contribution in [2.45, 2.75) is 42.0 Å². The van der Waals surface area contributed by atoms with Gasteiger partial charge in [-0.3, -0.25) is 4.79 Å². The molecule has 1 fully saturated rings. The second-order valence-electron chi connectivity index (χ2n) is 9.27. The predicted octanol–water partition coefficient (Wildman–Crippen LogP) is 3.41. The van der Waals surface area contributed by atoms with Crippen molar-refractivity contribution in [3.05, 3.63) is 96.1 Å². The molecule has 0 spiro atoms. The van der Waals surface area contributed by atoms with Crippen molar-refractivity contribution < 1.29 is 21.6 Å². The summed E-state index contributed by atoms with van der Waals surface area (Å²) in [4.78, 5) is 13.2. The van der Waals surface area contributed by atoms with Gasteiger partial charge in [-0.05, 0) is 54.7 Å². The van der Waals surface area contributed by atoms with E-state index >= 15 is 0 Å². The van der Waals surface area contributed by atoms with Gasteiger partial charge in [-0.15, -0.1) is 0 Å². The van der Waals surface area contributed by atoms with Gasteiger partial charge in [0.05, 0.1) is 16.3 Å². The van der Waals surface area contributed by atoms with E-state index < -0.39 is 26.0 Å². The number of sulfonamides is 2. The number of carbonyl (C=O) groups is 1. The predicted molar refractivity (Wildman–Crippen MR) is 146 cm³/mol. The zero-order chi connectivity index (χ0) is 27.0. The maximum atomic E-state index is 13.3. The van der Waals surface area contributed by atoms with Crippen LogP contribution in [-0.4, -0.2) is 57.5 Å². The average molecular weight is 556 g/mol. The largest absolute Gasteiger partial charge is 0.351 e. The normalized spacial score (nSPS) is 14.9. The van der Waals surface area contributed by atoms with Crippen LogP contribution in [0, 0.1) is 0 Å². The van der Waals surface area contributed by atoms with Gasteiger partial charge in [-0.1, -0.05) is 67.1 Å². The lowest BCUT2D eigenvalue weighted by molar-refractivity contribution is -0.121. The molecule has 1 aliphatic heterocycles. The van der Waals surface area contributed by atoms with Crippen LogP contribution in [0.15, 0.2) is 94.7 Å². The van der Waals surface area contributed by atoms with Gasteiger partial charge in [0.1, 0.15) is 0 Å². The van der Waals surface area contributed by atoms with Crippen LogP contribution < -0.4 is 5.32 Å². The minimum absolute atomic E-state index is 0.131. The van der Waals surface area contributed by atoms with Crippen molar-refractivity contribution in [1.82, 2.24) is 13.9 Å². The van der Waals surface area contributed by atoms with Crippen LogP contribution in [0.2, 0.25) is 0 Å². The van der Waals surface area contributed by atoms with Crippen molar-refractivity contribution in [2.24, 2.45) is 0 Å². The van der Waals surface area contributed by atoms with E-state index in [4.69, 9.17) is 0 Å². The molecular weight excluding hydrogens is 522 g/mol. The van der Waals surface area contributed by atoms with E-state index in [-0.39, 0.29) is 29.4 Å². The molecule has 0 aromatic heterocycles. The van der Waals surface area contributed by atoms with E-state index in [0.29, 0.717) is 19.5 Å². The Morgan fingerprint density at radius 1 is 0.737 bits per heavy atom. The fourth-order valence-electron chi connectivity index (χ4n) is 4.37. The number of rotatable bonds is 11. The van der Waals surface area contributed by atoms with Gasteiger partial charge >= 0.3 is 0 Å². The quantitative estimate of drug-likeness (QED) is 0.391. The molecule has 0 atom stereocenters. The molecule has 0 aliphatic carbocycles. The highest BCUT2D eigenvalue weighted by Gasteiger charge is 2.27. The van der Waals surface area contributed by atoms with Gasteiger partial charge in [0.25, 0.3) is 0 Å². The van der Waals surface area contributed by atoms with Crippen LogP contribution in [0.25, 0.3) is 0 Å². The van der Waals surface area contributed by atoms with Crippen LogP contribution in [0.1, 0.15) is 30.4 Å². The molecule has 10 heteroatoms. The summed E-state index contributed by atoms with van der Waals surface area (Å²) in [7, 11) is -7.41. The van der Waals surface area contributed by atoms with Crippen LogP contribution in [0.4, 0.5) is 0 Å². The van der Waals surface area contributed by atoms with Gasteiger partial charge < -0.3 is 5.32 Å². The maximum Gasteiger partial charge on any atom is 0.243 e. The molecule has 1 amide bonds. The summed E-state index contributed by atoms with van der Waals surface area (Å²) in [5, 5.41) is 2.77. The molecule has 1 heterocycles. The highest BCUT2D eigenvalue weighted by molar-refractivity contribution is 7.89. The second-order valence-corrected chi connectivity index (χ2v) is 13.1. The summed E-state index contributed by atoms with van der Waals surface area (Å²) in [6.45, 7) is 1.05. The van der Waals surface area contributed by atoms with Crippen LogP contribution in [0.5, 0.6) is 0 Å². The fraction of sp³-hybridized carbons (Fsp3) is 0.321. The second kappa shape index (κ2) is 12.7. The molecule has 0 radical (unpaired) electrons. The van der Waals surface area contributed by atoms with E-state index in [1.807, 2.05) is 30.3 Å². The third-order valence-electron chi connectivity index (χ3n) is 6.56. The van der Waals surface area contributed by atoms with Gasteiger partial charge in [0, 0.05) is 26.2 Å². The maximum absolute atomic E-state index is 13.3. The van der Waals surface area contributed by atoms with E-state index in [1.165, 1.54) is 20.7 Å². The van der Waals surface area contributed by atoms with Gasteiger partial charge in [0.2, 0.25) is 26.0 Å². The van der Waals surface area contributed by atoms with Crippen molar-refractivity contribution in [2.75, 3.05) is 26.2 Å². The van der Waals surface area contributed by atoms with Crippen molar-refractivity contribution in [1.29, 1.82) is 0 Å². The molecule has 1 saturated heterocycles. The number of hydrogen-bond acceptors (Lipinski definition) is 5. The standard InChI is InChI=1S/C28H33N3O5S2/c32-28(29-22-25-14-16-27(17-15-25)37(33,34)30-19-8-3-9-20-30)23-31(21-18-24-10-4-1-5-11-24)38(35,36)26-12-6-2-7-13-26/h1-2,4-7,10-17H,3,8-9,18-23H2,(H,29,32). The number of nitrogens with one attached hydrogen (secondary N) is 1. The number of amides is 1. The molecule has 202 valence electrons. The third kappa shape index (κ3) is 7.08. The molecule has 0 saturated carbocycles. The lowest BCUT2D eigenvalue weighted by atomic mass is 10.1. The molecule has 8 nitrogen and oxygen atoms in total. The summed E-state index contributed by atoms with van der Waals surface area (Å²) in [6, 6.07) is 24.0. The third-order valence-corrected chi connectivity index (χ3v) is 10.3. The van der Waals surface area contributed by atoms with E-state index in [2.05, 4.69) is 5.32 Å². The Morgan fingerprint density at radius 2 is 1.34 bits per heavy atom. The van der Waals surface area contributed by atoms with Crippen molar-refractivity contribution in [3.63, 3.8) is 0 Å². The molecule has 1 aliphatic rings. The summed E-state index contributed by atoms with van der Waals surface area (Å²) < 4.78 is 55.0. The topological polar surface area (TPSA) is 104 Å². The molecule has 3 aromatic rings. The number of carbonyl (C=O) groups excluding carboxylic acids is 1. The Morgan fingerprint density at radius 3 is 1.97 bits per heavy atom. The highest BCUT2D eigenvalue weighted by atomic mass is 32.2. The molecule has 38 heavy (non-hydrogen) atoms. The molecule has 1 N–H and O–H groups in total. The minimum atomic E-state index is -3.88. The van der Waals surface area contributed by atoms with Gasteiger partial charge in [0.15, 0.2) is 0 Å². The van der Waals surface area contributed by atoms with E-state index in [1.54, 1.807) is 42.5 Å². The fourth-order valence-corrected chi connectivity index (χ4v) is 7.31. The Kier molecular flexibility index (Phi) is 9.32. The summed E-state index contributed by atoms with van der Waals surface area (Å²) in [5.41, 5.74) is 1.69. The Bertz CT molecular complexity index is 1410. The minimum Gasteiger partial charge on any atom is -0.351 e. The zero-order valence-corrected chi connectivity index (χ0v) is 22.8. The van der Waals surface area contributed by atoms with Crippen molar-refractivity contribution >= 4 is 26.0 Å². The molecule has 0 unspecified atom stereocenters. The average Bonchev–Trinajstić information content (AvgIpc) is 2.95. The van der Waals surface area contributed by atoms with Gasteiger partial charge in [-0.25, -0.2) is 16.8 Å². The van der Waals surface area contributed by atoms with E-state index in [9.17, 15) is 21.6 Å². The SMILES string of the molecule is O=C(CN(CCc1ccccc1)S(=O)(=O)c1ccccc1)NCc1ccc(S(=O)(=O)N2CCCCC2)cc1. The molecule has 4 rings (SSSR count). The summed E-state index contributed by atoms with van der Waals surface area (Å²) in [5.74, 6) is -0.442. The lowest BCUT2D eigenvalue weighted by Gasteiger charge is -2.25. The number of hydrogen-bond donors (Lipinski definition) is 1. The highest BCUT2D eigenvalue weighted by Crippen LogP contribution is 2.21. The summed E-state index contributed by atoms with van der Waals surface area (Å²) in [6.07, 6.45) is 3.24.